The lowest BCUT2D eigenvalue weighted by Gasteiger charge is -1.91. The summed E-state index contributed by atoms with van der Waals surface area (Å²) in [5.74, 6) is 0.997. The lowest BCUT2D eigenvalue weighted by atomic mass is 10.4. The van der Waals surface area contributed by atoms with Crippen molar-refractivity contribution < 1.29 is 9.05 Å². The van der Waals surface area contributed by atoms with Gasteiger partial charge in [-0.25, -0.2) is 0 Å². The van der Waals surface area contributed by atoms with Gasteiger partial charge in [0.2, 0.25) is 0 Å². The van der Waals surface area contributed by atoms with Gasteiger partial charge in [0.1, 0.15) is 6.26 Å². The van der Waals surface area contributed by atoms with Crippen molar-refractivity contribution >= 4 is 0 Å². The fraction of sp³-hybridized carbons (Fsp3) is 0.375. The van der Waals surface area contributed by atoms with Gasteiger partial charge >= 0.3 is 0 Å². The molecule has 2 aromatic heterocycles. The summed E-state index contributed by atoms with van der Waals surface area (Å²) in [5.41, 5.74) is 0.556. The van der Waals surface area contributed by atoms with Gasteiger partial charge < -0.3 is 14.4 Å². The molecule has 0 saturated carbocycles. The normalized spacial score (nSPS) is 10.6. The minimum atomic E-state index is 0.381. The van der Waals surface area contributed by atoms with E-state index < -0.39 is 0 Å². The third-order valence-corrected chi connectivity index (χ3v) is 1.66. The SMILES string of the molecule is CCNCc1noc(-c2ccon2)n1. The van der Waals surface area contributed by atoms with Crippen molar-refractivity contribution in [3.8, 4) is 11.6 Å². The molecular weight excluding hydrogens is 184 g/mol. The molecule has 14 heavy (non-hydrogen) atoms. The van der Waals surface area contributed by atoms with Crippen molar-refractivity contribution in [2.45, 2.75) is 13.5 Å². The lowest BCUT2D eigenvalue weighted by molar-refractivity contribution is 0.400. The summed E-state index contributed by atoms with van der Waals surface area (Å²) in [6.45, 7) is 3.48. The fourth-order valence-electron chi connectivity index (χ4n) is 0.989. The third kappa shape index (κ3) is 1.80. The summed E-state index contributed by atoms with van der Waals surface area (Å²) in [7, 11) is 0. The zero-order valence-corrected chi connectivity index (χ0v) is 7.73. The Balaban J connectivity index is 2.10. The molecule has 0 bridgehead atoms. The van der Waals surface area contributed by atoms with Gasteiger partial charge in [-0.3, -0.25) is 0 Å². The molecule has 0 spiro atoms. The van der Waals surface area contributed by atoms with Gasteiger partial charge in [-0.1, -0.05) is 17.2 Å². The molecule has 74 valence electrons. The van der Waals surface area contributed by atoms with Crippen LogP contribution in [0.5, 0.6) is 0 Å². The fourth-order valence-corrected chi connectivity index (χ4v) is 0.989. The highest BCUT2D eigenvalue weighted by Crippen LogP contribution is 2.13. The second-order valence-corrected chi connectivity index (χ2v) is 2.68. The number of hydrogen-bond acceptors (Lipinski definition) is 6. The van der Waals surface area contributed by atoms with E-state index in [0.29, 0.717) is 24.0 Å². The number of rotatable bonds is 4. The highest BCUT2D eigenvalue weighted by Gasteiger charge is 2.10. The number of hydrogen-bond donors (Lipinski definition) is 1. The highest BCUT2D eigenvalue weighted by atomic mass is 16.5. The summed E-state index contributed by atoms with van der Waals surface area (Å²) in [5, 5.41) is 10.6. The molecular formula is C8H10N4O2. The first-order valence-electron chi connectivity index (χ1n) is 4.34. The summed E-state index contributed by atoms with van der Waals surface area (Å²) in [6, 6.07) is 1.67. The van der Waals surface area contributed by atoms with Crippen LogP contribution in [-0.2, 0) is 6.54 Å². The molecule has 0 aliphatic carbocycles. The lowest BCUT2D eigenvalue weighted by Crippen LogP contribution is -2.12. The topological polar surface area (TPSA) is 77.0 Å². The maximum atomic E-state index is 4.98. The second-order valence-electron chi connectivity index (χ2n) is 2.68. The molecule has 2 heterocycles. The van der Waals surface area contributed by atoms with Crippen LogP contribution in [0, 0.1) is 0 Å². The minimum absolute atomic E-state index is 0.381. The predicted octanol–water partition coefficient (Wildman–Crippen LogP) is 0.834. The first-order chi connectivity index (χ1) is 6.90. The Labute approximate surface area is 80.3 Å². The molecule has 0 aliphatic rings. The van der Waals surface area contributed by atoms with Crippen LogP contribution in [0.2, 0.25) is 0 Å². The van der Waals surface area contributed by atoms with Crippen LogP contribution in [0.1, 0.15) is 12.7 Å². The monoisotopic (exact) mass is 194 g/mol. The maximum Gasteiger partial charge on any atom is 0.280 e. The Kier molecular flexibility index (Phi) is 2.55. The van der Waals surface area contributed by atoms with Crippen molar-refractivity contribution in [2.24, 2.45) is 0 Å². The first kappa shape index (κ1) is 8.89. The van der Waals surface area contributed by atoms with E-state index in [1.54, 1.807) is 6.07 Å². The van der Waals surface area contributed by atoms with Gasteiger partial charge in [-0.05, 0) is 6.54 Å². The molecule has 0 radical (unpaired) electrons. The van der Waals surface area contributed by atoms with Crippen molar-refractivity contribution in [3.05, 3.63) is 18.2 Å². The quantitative estimate of drug-likeness (QED) is 0.776. The van der Waals surface area contributed by atoms with Gasteiger partial charge in [0.15, 0.2) is 11.5 Å². The largest absolute Gasteiger partial charge is 0.364 e. The Bertz CT molecular complexity index is 382. The van der Waals surface area contributed by atoms with E-state index in [1.807, 2.05) is 6.92 Å². The molecule has 0 amide bonds. The summed E-state index contributed by atoms with van der Waals surface area (Å²) >= 11 is 0. The average molecular weight is 194 g/mol. The summed E-state index contributed by atoms with van der Waals surface area (Å²) in [6.07, 6.45) is 1.46. The predicted molar refractivity (Wildman–Crippen MR) is 47.2 cm³/mol. The smallest absolute Gasteiger partial charge is 0.280 e. The molecule has 0 aliphatic heterocycles. The maximum absolute atomic E-state index is 4.98. The van der Waals surface area contributed by atoms with E-state index in [-0.39, 0.29) is 0 Å². The molecule has 2 aromatic rings. The Hall–Kier alpha value is -1.69. The van der Waals surface area contributed by atoms with Crippen LogP contribution in [0.25, 0.3) is 11.6 Å². The molecule has 0 saturated heterocycles. The number of aromatic nitrogens is 3. The van der Waals surface area contributed by atoms with Crippen LogP contribution in [0.3, 0.4) is 0 Å². The highest BCUT2D eigenvalue weighted by molar-refractivity contribution is 5.43. The number of nitrogens with zero attached hydrogens (tertiary/aromatic N) is 3. The van der Waals surface area contributed by atoms with E-state index in [1.165, 1.54) is 6.26 Å². The van der Waals surface area contributed by atoms with E-state index in [4.69, 9.17) is 4.52 Å². The van der Waals surface area contributed by atoms with Crippen LogP contribution < -0.4 is 5.32 Å². The Morgan fingerprint density at radius 2 is 2.36 bits per heavy atom. The molecule has 6 heteroatoms. The van der Waals surface area contributed by atoms with E-state index in [0.717, 1.165) is 6.54 Å². The second kappa shape index (κ2) is 4.01. The van der Waals surface area contributed by atoms with Gasteiger partial charge in [-0.15, -0.1) is 0 Å². The van der Waals surface area contributed by atoms with Crippen LogP contribution in [-0.4, -0.2) is 21.8 Å². The molecule has 2 rings (SSSR count). The first-order valence-corrected chi connectivity index (χ1v) is 4.34. The van der Waals surface area contributed by atoms with Crippen molar-refractivity contribution in [1.29, 1.82) is 0 Å². The van der Waals surface area contributed by atoms with Gasteiger partial charge in [0.05, 0.1) is 6.54 Å². The van der Waals surface area contributed by atoms with E-state index in [9.17, 15) is 0 Å². The zero-order valence-electron chi connectivity index (χ0n) is 7.73. The molecule has 0 fully saturated rings. The van der Waals surface area contributed by atoms with Crippen molar-refractivity contribution in [3.63, 3.8) is 0 Å². The van der Waals surface area contributed by atoms with Crippen LogP contribution >= 0.6 is 0 Å². The summed E-state index contributed by atoms with van der Waals surface area (Å²) < 4.78 is 9.65. The zero-order chi connectivity index (χ0) is 9.80. The summed E-state index contributed by atoms with van der Waals surface area (Å²) in [4.78, 5) is 4.13. The molecule has 1 N–H and O–H groups in total. The van der Waals surface area contributed by atoms with Crippen molar-refractivity contribution in [1.82, 2.24) is 20.6 Å². The Morgan fingerprint density at radius 1 is 1.43 bits per heavy atom. The van der Waals surface area contributed by atoms with Gasteiger partial charge in [-0.2, -0.15) is 4.98 Å². The van der Waals surface area contributed by atoms with Crippen molar-refractivity contribution in [2.75, 3.05) is 6.54 Å². The third-order valence-electron chi connectivity index (χ3n) is 1.66. The van der Waals surface area contributed by atoms with E-state index >= 15 is 0 Å². The van der Waals surface area contributed by atoms with E-state index in [2.05, 4.69) is 25.1 Å². The molecule has 6 nitrogen and oxygen atoms in total. The molecule has 0 unspecified atom stereocenters. The standard InChI is InChI=1S/C8H10N4O2/c1-2-9-5-7-10-8(14-12-7)6-3-4-13-11-6/h3-4,9H,2,5H2,1H3. The van der Waals surface area contributed by atoms with Gasteiger partial charge in [0, 0.05) is 6.07 Å². The van der Waals surface area contributed by atoms with Crippen LogP contribution in [0.15, 0.2) is 21.4 Å². The van der Waals surface area contributed by atoms with Crippen LogP contribution in [0.4, 0.5) is 0 Å². The molecule has 0 atom stereocenters. The minimum Gasteiger partial charge on any atom is -0.364 e. The average Bonchev–Trinajstić information content (AvgIpc) is 2.85. The Morgan fingerprint density at radius 3 is 3.07 bits per heavy atom. The van der Waals surface area contributed by atoms with Gasteiger partial charge in [0.25, 0.3) is 5.89 Å². The molecule has 0 aromatic carbocycles. The number of nitrogens with one attached hydrogen (secondary N) is 1.